The Morgan fingerprint density at radius 2 is 1.84 bits per heavy atom. The molecule has 2 heterocycles. The zero-order valence-corrected chi connectivity index (χ0v) is 14.3. The lowest BCUT2D eigenvalue weighted by Crippen LogP contribution is -2.14. The number of thiophene rings is 1. The topological polar surface area (TPSA) is 114 Å². The van der Waals surface area contributed by atoms with Gasteiger partial charge in [-0.15, -0.1) is 11.3 Å². The minimum absolute atomic E-state index is 0.237. The SMILES string of the molecule is NC(=O)c1cnc(NC(=O)c2cccc(NC(=O)c3cccs3)c2)s1. The van der Waals surface area contributed by atoms with Crippen LogP contribution in [0, 0.1) is 0 Å². The molecule has 1 aromatic carbocycles. The van der Waals surface area contributed by atoms with Crippen LogP contribution in [0.4, 0.5) is 10.8 Å². The molecule has 0 aliphatic rings. The first kappa shape index (κ1) is 16.8. The smallest absolute Gasteiger partial charge is 0.265 e. The lowest BCUT2D eigenvalue weighted by Gasteiger charge is -2.06. The van der Waals surface area contributed by atoms with Crippen molar-refractivity contribution >= 4 is 51.2 Å². The van der Waals surface area contributed by atoms with Crippen LogP contribution in [0.2, 0.25) is 0 Å². The third kappa shape index (κ3) is 4.08. The maximum absolute atomic E-state index is 12.3. The van der Waals surface area contributed by atoms with E-state index < -0.39 is 11.8 Å². The molecule has 0 saturated heterocycles. The zero-order valence-electron chi connectivity index (χ0n) is 12.7. The number of thiazole rings is 1. The highest BCUT2D eigenvalue weighted by atomic mass is 32.1. The quantitative estimate of drug-likeness (QED) is 0.639. The van der Waals surface area contributed by atoms with Gasteiger partial charge in [-0.1, -0.05) is 23.5 Å². The van der Waals surface area contributed by atoms with E-state index in [1.807, 2.05) is 5.38 Å². The van der Waals surface area contributed by atoms with Crippen LogP contribution in [0.1, 0.15) is 29.7 Å². The molecule has 0 bridgehead atoms. The summed E-state index contributed by atoms with van der Waals surface area (Å²) in [5, 5.41) is 7.41. The molecule has 25 heavy (non-hydrogen) atoms. The van der Waals surface area contributed by atoms with Gasteiger partial charge in [-0.2, -0.15) is 0 Å². The van der Waals surface area contributed by atoms with E-state index in [9.17, 15) is 14.4 Å². The molecule has 0 aliphatic carbocycles. The number of anilines is 2. The van der Waals surface area contributed by atoms with E-state index >= 15 is 0 Å². The van der Waals surface area contributed by atoms with Crippen molar-refractivity contribution < 1.29 is 14.4 Å². The highest BCUT2D eigenvalue weighted by Gasteiger charge is 2.13. The van der Waals surface area contributed by atoms with E-state index in [2.05, 4.69) is 15.6 Å². The Balaban J connectivity index is 1.70. The lowest BCUT2D eigenvalue weighted by atomic mass is 10.2. The number of hydrogen-bond acceptors (Lipinski definition) is 6. The summed E-state index contributed by atoms with van der Waals surface area (Å²) in [6.07, 6.45) is 1.31. The van der Waals surface area contributed by atoms with Gasteiger partial charge in [0, 0.05) is 11.3 Å². The molecule has 4 N–H and O–H groups in total. The largest absolute Gasteiger partial charge is 0.365 e. The molecule has 0 radical (unpaired) electrons. The number of carbonyl (C=O) groups excluding carboxylic acids is 3. The van der Waals surface area contributed by atoms with Crippen molar-refractivity contribution in [2.75, 3.05) is 10.6 Å². The molecule has 126 valence electrons. The number of amides is 3. The molecule has 3 amide bonds. The molecule has 0 aliphatic heterocycles. The molecule has 9 heteroatoms. The molecule has 3 aromatic rings. The first-order valence-corrected chi connectivity index (χ1v) is 8.74. The third-order valence-electron chi connectivity index (χ3n) is 3.10. The van der Waals surface area contributed by atoms with Crippen LogP contribution in [0.25, 0.3) is 0 Å². The second-order valence-corrected chi connectivity index (χ2v) is 6.84. The summed E-state index contributed by atoms with van der Waals surface area (Å²) in [5.74, 6) is -1.24. The van der Waals surface area contributed by atoms with E-state index in [-0.39, 0.29) is 15.9 Å². The Labute approximate surface area is 150 Å². The van der Waals surface area contributed by atoms with Crippen LogP contribution in [0.15, 0.2) is 48.0 Å². The van der Waals surface area contributed by atoms with Crippen molar-refractivity contribution in [2.45, 2.75) is 0 Å². The number of aromatic nitrogens is 1. The second kappa shape index (κ2) is 7.24. The normalized spacial score (nSPS) is 10.2. The Bertz CT molecular complexity index is 935. The summed E-state index contributed by atoms with van der Waals surface area (Å²) in [4.78, 5) is 40.2. The minimum atomic E-state index is -0.601. The van der Waals surface area contributed by atoms with Crippen molar-refractivity contribution in [3.8, 4) is 0 Å². The van der Waals surface area contributed by atoms with E-state index in [1.54, 1.807) is 36.4 Å². The molecule has 2 aromatic heterocycles. The van der Waals surface area contributed by atoms with Gasteiger partial charge in [-0.05, 0) is 29.6 Å². The maximum atomic E-state index is 12.3. The van der Waals surface area contributed by atoms with Crippen molar-refractivity contribution in [1.82, 2.24) is 4.98 Å². The van der Waals surface area contributed by atoms with Gasteiger partial charge in [-0.3, -0.25) is 19.7 Å². The first-order valence-electron chi connectivity index (χ1n) is 7.05. The van der Waals surface area contributed by atoms with E-state index in [4.69, 9.17) is 5.73 Å². The van der Waals surface area contributed by atoms with Crippen molar-refractivity contribution in [3.05, 3.63) is 63.3 Å². The number of carbonyl (C=O) groups is 3. The highest BCUT2D eigenvalue weighted by molar-refractivity contribution is 7.17. The number of primary amides is 1. The van der Waals surface area contributed by atoms with Crippen molar-refractivity contribution in [1.29, 1.82) is 0 Å². The van der Waals surface area contributed by atoms with Gasteiger partial charge in [0.15, 0.2) is 5.13 Å². The molecule has 0 saturated carbocycles. The fraction of sp³-hybridized carbons (Fsp3) is 0. The summed E-state index contributed by atoms with van der Waals surface area (Å²) in [5.41, 5.74) is 6.00. The van der Waals surface area contributed by atoms with Gasteiger partial charge in [0.1, 0.15) is 4.88 Å². The third-order valence-corrected chi connectivity index (χ3v) is 4.89. The van der Waals surface area contributed by atoms with Crippen LogP contribution in [-0.2, 0) is 0 Å². The second-order valence-electron chi connectivity index (χ2n) is 4.86. The van der Waals surface area contributed by atoms with Gasteiger partial charge in [0.25, 0.3) is 17.7 Å². The van der Waals surface area contributed by atoms with Crippen LogP contribution in [-0.4, -0.2) is 22.7 Å². The fourth-order valence-electron chi connectivity index (χ4n) is 1.95. The molecule has 0 unspecified atom stereocenters. The van der Waals surface area contributed by atoms with Crippen LogP contribution < -0.4 is 16.4 Å². The van der Waals surface area contributed by atoms with Gasteiger partial charge >= 0.3 is 0 Å². The number of benzene rings is 1. The molecular weight excluding hydrogens is 360 g/mol. The Kier molecular flexibility index (Phi) is 4.87. The summed E-state index contributed by atoms with van der Waals surface area (Å²) in [6, 6.07) is 10.0. The summed E-state index contributed by atoms with van der Waals surface area (Å²) < 4.78 is 0. The van der Waals surface area contributed by atoms with Gasteiger partial charge < -0.3 is 11.1 Å². The number of nitrogens with two attached hydrogens (primary N) is 1. The predicted molar refractivity (Wildman–Crippen MR) is 97.3 cm³/mol. The Morgan fingerprint density at radius 3 is 2.52 bits per heavy atom. The minimum Gasteiger partial charge on any atom is -0.365 e. The highest BCUT2D eigenvalue weighted by Crippen LogP contribution is 2.19. The van der Waals surface area contributed by atoms with Gasteiger partial charge in [0.05, 0.1) is 11.1 Å². The van der Waals surface area contributed by atoms with Gasteiger partial charge in [-0.25, -0.2) is 4.98 Å². The average molecular weight is 372 g/mol. The number of rotatable bonds is 5. The first-order chi connectivity index (χ1) is 12.0. The van der Waals surface area contributed by atoms with Crippen LogP contribution in [0.5, 0.6) is 0 Å². The number of nitrogens with one attached hydrogen (secondary N) is 2. The monoisotopic (exact) mass is 372 g/mol. The number of nitrogens with zero attached hydrogens (tertiary/aromatic N) is 1. The van der Waals surface area contributed by atoms with Crippen molar-refractivity contribution in [3.63, 3.8) is 0 Å². The van der Waals surface area contributed by atoms with Gasteiger partial charge in [0.2, 0.25) is 0 Å². The van der Waals surface area contributed by atoms with Crippen LogP contribution >= 0.6 is 22.7 Å². The summed E-state index contributed by atoms with van der Waals surface area (Å²) >= 11 is 2.32. The molecular formula is C16H12N4O3S2. The molecule has 0 atom stereocenters. The molecule has 0 fully saturated rings. The van der Waals surface area contributed by atoms with E-state index in [0.717, 1.165) is 11.3 Å². The Hall–Kier alpha value is -3.04. The predicted octanol–water partition coefficient (Wildman–Crippen LogP) is 2.81. The molecule has 0 spiro atoms. The number of hydrogen-bond donors (Lipinski definition) is 3. The lowest BCUT2D eigenvalue weighted by molar-refractivity contribution is 0.1000. The standard InChI is InChI=1S/C16H12N4O3S2/c17-13(21)12-8-18-16(25-12)20-14(22)9-3-1-4-10(7-9)19-15(23)11-5-2-6-24-11/h1-8H,(H2,17,21)(H,19,23)(H,18,20,22). The van der Waals surface area contributed by atoms with E-state index in [1.165, 1.54) is 17.5 Å². The molecule has 7 nitrogen and oxygen atoms in total. The zero-order chi connectivity index (χ0) is 17.8. The van der Waals surface area contributed by atoms with Crippen molar-refractivity contribution in [2.24, 2.45) is 5.73 Å². The Morgan fingerprint density at radius 1 is 1.00 bits per heavy atom. The van der Waals surface area contributed by atoms with E-state index in [0.29, 0.717) is 16.1 Å². The maximum Gasteiger partial charge on any atom is 0.265 e. The fourth-order valence-corrected chi connectivity index (χ4v) is 3.24. The molecule has 3 rings (SSSR count). The average Bonchev–Trinajstić information content (AvgIpc) is 3.27. The van der Waals surface area contributed by atoms with Crippen LogP contribution in [0.3, 0.4) is 0 Å². The summed E-state index contributed by atoms with van der Waals surface area (Å²) in [6.45, 7) is 0. The summed E-state index contributed by atoms with van der Waals surface area (Å²) in [7, 11) is 0.